The summed E-state index contributed by atoms with van der Waals surface area (Å²) in [5.41, 5.74) is 1.15. The normalized spacial score (nSPS) is 18.8. The third-order valence-corrected chi connectivity index (χ3v) is 6.66. The van der Waals surface area contributed by atoms with Crippen molar-refractivity contribution in [3.8, 4) is 0 Å². The zero-order valence-corrected chi connectivity index (χ0v) is 13.2. The van der Waals surface area contributed by atoms with Gasteiger partial charge < -0.3 is 5.32 Å². The van der Waals surface area contributed by atoms with E-state index in [0.717, 1.165) is 18.4 Å². The van der Waals surface area contributed by atoms with Crippen molar-refractivity contribution < 1.29 is 8.42 Å². The van der Waals surface area contributed by atoms with Crippen LogP contribution in [-0.2, 0) is 16.6 Å². The number of sulfonamides is 1. The molecule has 1 aliphatic carbocycles. The first kappa shape index (κ1) is 15.0. The maximum Gasteiger partial charge on any atom is 0.250 e. The molecule has 0 atom stereocenters. The Bertz CT molecular complexity index is 517. The average Bonchev–Trinajstić information content (AvgIpc) is 2.98. The van der Waals surface area contributed by atoms with Gasteiger partial charge in [0.25, 0.3) is 0 Å². The van der Waals surface area contributed by atoms with Gasteiger partial charge in [-0.15, -0.1) is 11.3 Å². The summed E-state index contributed by atoms with van der Waals surface area (Å²) in [4.78, 5) is 0. The first-order valence-corrected chi connectivity index (χ1v) is 9.03. The highest BCUT2D eigenvalue weighted by molar-refractivity contribution is 7.91. The van der Waals surface area contributed by atoms with Crippen molar-refractivity contribution in [1.82, 2.24) is 10.0 Å². The van der Waals surface area contributed by atoms with Gasteiger partial charge >= 0.3 is 0 Å². The third kappa shape index (κ3) is 3.78. The second kappa shape index (κ2) is 5.91. The third-order valence-electron chi connectivity index (χ3n) is 3.78. The zero-order valence-electron chi connectivity index (χ0n) is 11.5. The van der Waals surface area contributed by atoms with E-state index in [1.807, 2.05) is 12.4 Å². The first-order chi connectivity index (χ1) is 8.95. The predicted octanol–water partition coefficient (Wildman–Crippen LogP) is 2.33. The van der Waals surface area contributed by atoms with Crippen LogP contribution in [0.15, 0.2) is 15.7 Å². The van der Waals surface area contributed by atoms with Crippen LogP contribution in [0.3, 0.4) is 0 Å². The lowest BCUT2D eigenvalue weighted by atomic mass is 9.89. The maximum atomic E-state index is 12.2. The number of nitrogens with one attached hydrogen (secondary N) is 2. The van der Waals surface area contributed by atoms with E-state index < -0.39 is 10.0 Å². The molecule has 1 aromatic rings. The molecule has 4 nitrogen and oxygen atoms in total. The Morgan fingerprint density at radius 1 is 1.37 bits per heavy atom. The molecule has 2 N–H and O–H groups in total. The van der Waals surface area contributed by atoms with Crippen molar-refractivity contribution in [2.45, 2.75) is 43.4 Å². The van der Waals surface area contributed by atoms with Gasteiger partial charge in [0.05, 0.1) is 0 Å². The zero-order chi connectivity index (χ0) is 13.9. The summed E-state index contributed by atoms with van der Waals surface area (Å²) in [6.45, 7) is 3.42. The van der Waals surface area contributed by atoms with Crippen molar-refractivity contribution in [1.29, 1.82) is 0 Å². The van der Waals surface area contributed by atoms with Gasteiger partial charge in [-0.1, -0.05) is 19.8 Å². The Hall–Kier alpha value is -0.430. The van der Waals surface area contributed by atoms with Crippen LogP contribution < -0.4 is 10.0 Å². The molecule has 0 saturated heterocycles. The fourth-order valence-corrected chi connectivity index (χ4v) is 4.99. The van der Waals surface area contributed by atoms with Gasteiger partial charge in [0.1, 0.15) is 4.21 Å². The van der Waals surface area contributed by atoms with Crippen LogP contribution in [0, 0.1) is 5.41 Å². The summed E-state index contributed by atoms with van der Waals surface area (Å²) in [5.74, 6) is 0. The molecule has 108 valence electrons. The van der Waals surface area contributed by atoms with E-state index in [1.54, 1.807) is 6.07 Å². The van der Waals surface area contributed by atoms with Crippen LogP contribution in [0.2, 0.25) is 0 Å². The van der Waals surface area contributed by atoms with Crippen LogP contribution in [-0.4, -0.2) is 22.0 Å². The van der Waals surface area contributed by atoms with Gasteiger partial charge in [-0.25, -0.2) is 13.1 Å². The lowest BCUT2D eigenvalue weighted by Gasteiger charge is -2.23. The molecule has 0 aromatic carbocycles. The van der Waals surface area contributed by atoms with E-state index >= 15 is 0 Å². The van der Waals surface area contributed by atoms with Gasteiger partial charge in [0.2, 0.25) is 10.0 Å². The second-order valence-electron chi connectivity index (χ2n) is 5.65. The Morgan fingerprint density at radius 2 is 2.05 bits per heavy atom. The molecule has 0 spiro atoms. The highest BCUT2D eigenvalue weighted by Crippen LogP contribution is 2.37. The highest BCUT2D eigenvalue weighted by Gasteiger charge is 2.30. The standard InChI is InChI=1S/C13H22N2O2S2/c1-13(5-3-4-6-13)10-15-19(16,17)12-7-11(8-14-2)9-18-12/h7,9,14-15H,3-6,8,10H2,1-2H3. The fourth-order valence-electron chi connectivity index (χ4n) is 2.54. The number of rotatable bonds is 6. The smallest absolute Gasteiger partial charge is 0.250 e. The van der Waals surface area contributed by atoms with Crippen LogP contribution in [0.4, 0.5) is 0 Å². The highest BCUT2D eigenvalue weighted by atomic mass is 32.2. The number of hydrogen-bond acceptors (Lipinski definition) is 4. The summed E-state index contributed by atoms with van der Waals surface area (Å²) in [6.07, 6.45) is 4.66. The van der Waals surface area contributed by atoms with Gasteiger partial charge in [0.15, 0.2) is 0 Å². The molecule has 0 amide bonds. The quantitative estimate of drug-likeness (QED) is 0.848. The van der Waals surface area contributed by atoms with Crippen molar-refractivity contribution in [3.05, 3.63) is 17.0 Å². The molecule has 0 aliphatic heterocycles. The van der Waals surface area contributed by atoms with Gasteiger partial charge in [-0.3, -0.25) is 0 Å². The minimum atomic E-state index is -3.34. The largest absolute Gasteiger partial charge is 0.316 e. The van der Waals surface area contributed by atoms with E-state index in [9.17, 15) is 8.42 Å². The van der Waals surface area contributed by atoms with Crippen molar-refractivity contribution in [2.24, 2.45) is 5.41 Å². The molecule has 1 aliphatic rings. The minimum Gasteiger partial charge on any atom is -0.316 e. The van der Waals surface area contributed by atoms with E-state index in [-0.39, 0.29) is 5.41 Å². The van der Waals surface area contributed by atoms with Gasteiger partial charge in [-0.2, -0.15) is 0 Å². The number of hydrogen-bond donors (Lipinski definition) is 2. The molecule has 1 heterocycles. The van der Waals surface area contributed by atoms with Crippen LogP contribution in [0.5, 0.6) is 0 Å². The summed E-state index contributed by atoms with van der Waals surface area (Å²) in [7, 11) is -1.49. The SMILES string of the molecule is CNCc1csc(S(=O)(=O)NCC2(C)CCCC2)c1. The van der Waals surface area contributed by atoms with Crippen LogP contribution >= 0.6 is 11.3 Å². The molecular weight excluding hydrogens is 280 g/mol. The summed E-state index contributed by atoms with van der Waals surface area (Å²) in [5, 5.41) is 4.91. The Labute approximate surface area is 119 Å². The summed E-state index contributed by atoms with van der Waals surface area (Å²) in [6, 6.07) is 1.75. The summed E-state index contributed by atoms with van der Waals surface area (Å²) >= 11 is 1.29. The van der Waals surface area contributed by atoms with Gasteiger partial charge in [0, 0.05) is 13.1 Å². The maximum absolute atomic E-state index is 12.2. The first-order valence-electron chi connectivity index (χ1n) is 6.67. The van der Waals surface area contributed by atoms with Crippen LogP contribution in [0.1, 0.15) is 38.2 Å². The topological polar surface area (TPSA) is 58.2 Å². The van der Waals surface area contributed by atoms with Crippen molar-refractivity contribution in [3.63, 3.8) is 0 Å². The lowest BCUT2D eigenvalue weighted by molar-refractivity contribution is 0.336. The molecule has 2 rings (SSSR count). The van der Waals surface area contributed by atoms with E-state index in [0.29, 0.717) is 17.3 Å². The molecule has 19 heavy (non-hydrogen) atoms. The molecule has 6 heteroatoms. The Kier molecular flexibility index (Phi) is 4.66. The second-order valence-corrected chi connectivity index (χ2v) is 8.55. The fraction of sp³-hybridized carbons (Fsp3) is 0.692. The van der Waals surface area contributed by atoms with Crippen molar-refractivity contribution in [2.75, 3.05) is 13.6 Å². The predicted molar refractivity (Wildman–Crippen MR) is 78.8 cm³/mol. The molecule has 1 fully saturated rings. The molecule has 1 saturated carbocycles. The number of thiophene rings is 1. The van der Waals surface area contributed by atoms with Gasteiger partial charge in [-0.05, 0) is 42.3 Å². The molecule has 1 aromatic heterocycles. The molecular formula is C13H22N2O2S2. The average molecular weight is 302 g/mol. The Balaban J connectivity index is 2.01. The van der Waals surface area contributed by atoms with E-state index in [4.69, 9.17) is 0 Å². The lowest BCUT2D eigenvalue weighted by Crippen LogP contribution is -2.33. The van der Waals surface area contributed by atoms with Crippen LogP contribution in [0.25, 0.3) is 0 Å². The minimum absolute atomic E-state index is 0.137. The monoisotopic (exact) mass is 302 g/mol. The molecule has 0 radical (unpaired) electrons. The van der Waals surface area contributed by atoms with Crippen molar-refractivity contribution >= 4 is 21.4 Å². The molecule has 0 unspecified atom stereocenters. The molecule has 0 bridgehead atoms. The Morgan fingerprint density at radius 3 is 2.68 bits per heavy atom. The van der Waals surface area contributed by atoms with E-state index in [2.05, 4.69) is 17.0 Å². The summed E-state index contributed by atoms with van der Waals surface area (Å²) < 4.78 is 27.6. The van der Waals surface area contributed by atoms with E-state index in [1.165, 1.54) is 24.2 Å².